The predicted octanol–water partition coefficient (Wildman–Crippen LogP) is 2.54. The van der Waals surface area contributed by atoms with E-state index in [9.17, 15) is 4.79 Å². The van der Waals surface area contributed by atoms with Gasteiger partial charge in [-0.25, -0.2) is 4.79 Å². The minimum absolute atomic E-state index is 0.0536. The highest BCUT2D eigenvalue weighted by molar-refractivity contribution is 5.71. The Balaban J connectivity index is 1.71. The number of ether oxygens (including phenoxy) is 2. The Labute approximate surface area is 151 Å². The summed E-state index contributed by atoms with van der Waals surface area (Å²) in [6.07, 6.45) is -0.122. The van der Waals surface area contributed by atoms with Crippen molar-refractivity contribution in [2.45, 2.75) is 39.2 Å². The van der Waals surface area contributed by atoms with E-state index >= 15 is 0 Å². The van der Waals surface area contributed by atoms with Crippen molar-refractivity contribution < 1.29 is 14.3 Å². The number of esters is 1. The smallest absolute Gasteiger partial charge is 0.344 e. The lowest BCUT2D eigenvalue weighted by molar-refractivity contribution is -0.151. The SMILES string of the molecule is C[C@@H](CN1CCN(C)CC1)OC(=O)COc1ccc(C(C)(C)C)cc1. The van der Waals surface area contributed by atoms with E-state index in [-0.39, 0.29) is 24.1 Å². The summed E-state index contributed by atoms with van der Waals surface area (Å²) in [4.78, 5) is 16.6. The van der Waals surface area contributed by atoms with Crippen LogP contribution in [0.2, 0.25) is 0 Å². The normalized spacial score (nSPS) is 18.0. The number of hydrogen-bond donors (Lipinski definition) is 0. The van der Waals surface area contributed by atoms with Crippen LogP contribution < -0.4 is 4.74 Å². The highest BCUT2D eigenvalue weighted by Gasteiger charge is 2.18. The van der Waals surface area contributed by atoms with Crippen LogP contribution in [0.1, 0.15) is 33.3 Å². The minimum Gasteiger partial charge on any atom is -0.482 e. The molecule has 0 aliphatic carbocycles. The van der Waals surface area contributed by atoms with E-state index in [4.69, 9.17) is 9.47 Å². The number of piperazine rings is 1. The summed E-state index contributed by atoms with van der Waals surface area (Å²) in [5.74, 6) is 0.373. The second kappa shape index (κ2) is 8.68. The first-order chi connectivity index (χ1) is 11.7. The van der Waals surface area contributed by atoms with Gasteiger partial charge in [-0.15, -0.1) is 0 Å². The Kier molecular flexibility index (Phi) is 6.85. The number of likely N-dealkylation sites (N-methyl/N-ethyl adjacent to an activating group) is 1. The summed E-state index contributed by atoms with van der Waals surface area (Å²) in [6.45, 7) is 13.3. The largest absolute Gasteiger partial charge is 0.482 e. The number of nitrogens with zero attached hydrogens (tertiary/aromatic N) is 2. The molecule has 0 unspecified atom stereocenters. The molecule has 0 aromatic heterocycles. The average Bonchev–Trinajstić information content (AvgIpc) is 2.54. The summed E-state index contributed by atoms with van der Waals surface area (Å²) in [7, 11) is 2.13. The first kappa shape index (κ1) is 19.7. The van der Waals surface area contributed by atoms with E-state index in [1.807, 2.05) is 31.2 Å². The second-order valence-electron chi connectivity index (χ2n) is 7.97. The molecule has 1 atom stereocenters. The summed E-state index contributed by atoms with van der Waals surface area (Å²) in [5.41, 5.74) is 1.35. The van der Waals surface area contributed by atoms with Crippen molar-refractivity contribution in [1.82, 2.24) is 9.80 Å². The Bertz CT molecular complexity index is 543. The lowest BCUT2D eigenvalue weighted by Gasteiger charge is -2.33. The second-order valence-corrected chi connectivity index (χ2v) is 7.97. The molecule has 140 valence electrons. The zero-order valence-corrected chi connectivity index (χ0v) is 16.2. The van der Waals surface area contributed by atoms with Gasteiger partial charge in [0.15, 0.2) is 6.61 Å². The predicted molar refractivity (Wildman–Crippen MR) is 100 cm³/mol. The third-order valence-electron chi connectivity index (χ3n) is 4.52. The van der Waals surface area contributed by atoms with Crippen LogP contribution in [-0.4, -0.2) is 68.3 Å². The maximum atomic E-state index is 12.0. The summed E-state index contributed by atoms with van der Waals surface area (Å²) in [6, 6.07) is 7.89. The van der Waals surface area contributed by atoms with Gasteiger partial charge in [-0.2, -0.15) is 0 Å². The number of hydrogen-bond acceptors (Lipinski definition) is 5. The number of rotatable bonds is 6. The first-order valence-electron chi connectivity index (χ1n) is 9.08. The van der Waals surface area contributed by atoms with E-state index in [1.54, 1.807) is 0 Å². The molecular weight excluding hydrogens is 316 g/mol. The van der Waals surface area contributed by atoms with Crippen molar-refractivity contribution in [2.24, 2.45) is 0 Å². The van der Waals surface area contributed by atoms with E-state index in [2.05, 4.69) is 37.6 Å². The van der Waals surface area contributed by atoms with E-state index in [0.29, 0.717) is 5.75 Å². The van der Waals surface area contributed by atoms with Crippen molar-refractivity contribution in [3.8, 4) is 5.75 Å². The van der Waals surface area contributed by atoms with Crippen molar-refractivity contribution in [2.75, 3.05) is 46.4 Å². The molecule has 0 spiro atoms. The first-order valence-corrected chi connectivity index (χ1v) is 9.08. The molecule has 2 rings (SSSR count). The van der Waals surface area contributed by atoms with Gasteiger partial charge in [0.1, 0.15) is 11.9 Å². The molecule has 5 heteroatoms. The summed E-state index contributed by atoms with van der Waals surface area (Å²) >= 11 is 0. The van der Waals surface area contributed by atoms with Crippen molar-refractivity contribution in [3.05, 3.63) is 29.8 Å². The van der Waals surface area contributed by atoms with E-state index < -0.39 is 0 Å². The third kappa shape index (κ3) is 6.67. The van der Waals surface area contributed by atoms with Crippen molar-refractivity contribution >= 4 is 5.97 Å². The topological polar surface area (TPSA) is 42.0 Å². The van der Waals surface area contributed by atoms with Gasteiger partial charge in [0.25, 0.3) is 0 Å². The number of carbonyl (C=O) groups excluding carboxylic acids is 1. The van der Waals surface area contributed by atoms with Crippen LogP contribution in [0.15, 0.2) is 24.3 Å². The van der Waals surface area contributed by atoms with E-state index in [1.165, 1.54) is 5.56 Å². The van der Waals surface area contributed by atoms with Gasteiger partial charge < -0.3 is 14.4 Å². The fourth-order valence-electron chi connectivity index (χ4n) is 2.88. The van der Waals surface area contributed by atoms with Gasteiger partial charge in [-0.05, 0) is 37.1 Å². The molecule has 0 N–H and O–H groups in total. The van der Waals surface area contributed by atoms with E-state index in [0.717, 1.165) is 32.7 Å². The van der Waals surface area contributed by atoms with Crippen LogP contribution in [0.4, 0.5) is 0 Å². The van der Waals surface area contributed by atoms with Crippen molar-refractivity contribution in [1.29, 1.82) is 0 Å². The van der Waals surface area contributed by atoms with Crippen LogP contribution in [-0.2, 0) is 14.9 Å². The molecule has 25 heavy (non-hydrogen) atoms. The Hall–Kier alpha value is -1.59. The molecule has 0 amide bonds. The fourth-order valence-corrected chi connectivity index (χ4v) is 2.88. The Morgan fingerprint density at radius 1 is 1.12 bits per heavy atom. The van der Waals surface area contributed by atoms with Crippen LogP contribution in [0.3, 0.4) is 0 Å². The summed E-state index contributed by atoms with van der Waals surface area (Å²) < 4.78 is 11.0. The third-order valence-corrected chi connectivity index (χ3v) is 4.52. The zero-order valence-electron chi connectivity index (χ0n) is 16.2. The summed E-state index contributed by atoms with van der Waals surface area (Å²) in [5, 5.41) is 0. The molecule has 1 aromatic carbocycles. The van der Waals surface area contributed by atoms with Gasteiger partial charge in [-0.3, -0.25) is 4.90 Å². The molecule has 1 aliphatic rings. The maximum absolute atomic E-state index is 12.0. The number of carbonyl (C=O) groups is 1. The molecule has 1 saturated heterocycles. The Morgan fingerprint density at radius 3 is 2.28 bits per heavy atom. The molecule has 0 radical (unpaired) electrons. The standard InChI is InChI=1S/C20H32N2O3/c1-16(14-22-12-10-21(5)11-13-22)25-19(23)15-24-18-8-6-17(7-9-18)20(2,3)4/h6-9,16H,10-15H2,1-5H3/t16-/m0/s1. The minimum atomic E-state index is -0.318. The van der Waals surface area contributed by atoms with Gasteiger partial charge in [0.05, 0.1) is 0 Å². The molecule has 1 fully saturated rings. The lowest BCUT2D eigenvalue weighted by atomic mass is 9.87. The highest BCUT2D eigenvalue weighted by atomic mass is 16.6. The molecule has 5 nitrogen and oxygen atoms in total. The quantitative estimate of drug-likeness (QED) is 0.739. The molecular formula is C20H32N2O3. The maximum Gasteiger partial charge on any atom is 0.344 e. The fraction of sp³-hybridized carbons (Fsp3) is 0.650. The van der Waals surface area contributed by atoms with Crippen molar-refractivity contribution in [3.63, 3.8) is 0 Å². The van der Waals surface area contributed by atoms with Crippen LogP contribution in [0.25, 0.3) is 0 Å². The zero-order chi connectivity index (χ0) is 18.4. The van der Waals surface area contributed by atoms with Crippen LogP contribution >= 0.6 is 0 Å². The van der Waals surface area contributed by atoms with Gasteiger partial charge in [0.2, 0.25) is 0 Å². The monoisotopic (exact) mass is 348 g/mol. The van der Waals surface area contributed by atoms with Gasteiger partial charge >= 0.3 is 5.97 Å². The van der Waals surface area contributed by atoms with Gasteiger partial charge in [-0.1, -0.05) is 32.9 Å². The molecule has 1 aliphatic heterocycles. The van der Waals surface area contributed by atoms with Crippen LogP contribution in [0.5, 0.6) is 5.75 Å². The molecule has 0 bridgehead atoms. The lowest BCUT2D eigenvalue weighted by Crippen LogP contribution is -2.47. The van der Waals surface area contributed by atoms with Crippen LogP contribution in [0, 0.1) is 0 Å². The molecule has 1 heterocycles. The highest BCUT2D eigenvalue weighted by Crippen LogP contribution is 2.24. The average molecular weight is 348 g/mol. The Morgan fingerprint density at radius 2 is 1.72 bits per heavy atom. The number of benzene rings is 1. The molecule has 0 saturated carbocycles. The van der Waals surface area contributed by atoms with Gasteiger partial charge in [0, 0.05) is 32.7 Å². The molecule has 1 aromatic rings.